The first-order chi connectivity index (χ1) is 8.29. The van der Waals surface area contributed by atoms with Crippen molar-refractivity contribution >= 4 is 21.7 Å². The maximum Gasteiger partial charge on any atom is 0.320 e. The lowest BCUT2D eigenvalue weighted by Gasteiger charge is -2.08. The third-order valence-electron chi connectivity index (χ3n) is 2.01. The van der Waals surface area contributed by atoms with Crippen molar-refractivity contribution in [2.45, 2.75) is 4.90 Å². The van der Waals surface area contributed by atoms with E-state index < -0.39 is 44.8 Å². The summed E-state index contributed by atoms with van der Waals surface area (Å²) in [6.45, 7) is -0.671. The molecule has 0 bridgehead atoms. The van der Waals surface area contributed by atoms with Gasteiger partial charge in [0.15, 0.2) is 5.82 Å². The molecule has 0 unspecified atom stereocenters. The fraction of sp³-hybridized carbons (Fsp3) is 0.222. The van der Waals surface area contributed by atoms with Crippen LogP contribution in [0.1, 0.15) is 0 Å². The van der Waals surface area contributed by atoms with Crippen LogP contribution in [-0.2, 0) is 19.6 Å². The number of ether oxygens (including phenoxy) is 1. The number of methoxy groups -OCH3 is 1. The third-order valence-corrected chi connectivity index (χ3v) is 3.43. The van der Waals surface area contributed by atoms with Crippen molar-refractivity contribution < 1.29 is 26.7 Å². The minimum Gasteiger partial charge on any atom is -0.468 e. The molecule has 100 valence electrons. The molecule has 0 atom stereocenters. The van der Waals surface area contributed by atoms with Crippen LogP contribution in [0.5, 0.6) is 0 Å². The Morgan fingerprint density at radius 1 is 1.44 bits per heavy atom. The number of hydrogen-bond acceptors (Lipinski definition) is 5. The fourth-order valence-electron chi connectivity index (χ4n) is 1.06. The van der Waals surface area contributed by atoms with Crippen molar-refractivity contribution in [3.05, 3.63) is 23.8 Å². The Hall–Kier alpha value is -1.74. The lowest BCUT2D eigenvalue weighted by molar-refractivity contribution is -0.139. The predicted octanol–water partition coefficient (Wildman–Crippen LogP) is -0.00170. The number of esters is 1. The molecule has 18 heavy (non-hydrogen) atoms. The summed E-state index contributed by atoms with van der Waals surface area (Å²) in [5, 5.41) is 0. The third kappa shape index (κ3) is 2.93. The largest absolute Gasteiger partial charge is 0.468 e. The van der Waals surface area contributed by atoms with E-state index in [0.29, 0.717) is 12.1 Å². The SMILES string of the molecule is COC(=O)CNS(=O)(=O)c1ccc(F)c(N)c1F. The molecule has 6 nitrogen and oxygen atoms in total. The Morgan fingerprint density at radius 2 is 2.06 bits per heavy atom. The Balaban J connectivity index is 3.06. The predicted molar refractivity (Wildman–Crippen MR) is 58.0 cm³/mol. The number of hydrogen-bond donors (Lipinski definition) is 2. The number of nitrogens with two attached hydrogens (primary N) is 1. The molecule has 1 rings (SSSR count). The molecule has 0 aliphatic heterocycles. The van der Waals surface area contributed by atoms with Crippen LogP contribution in [0.25, 0.3) is 0 Å². The molecule has 1 aromatic carbocycles. The summed E-state index contributed by atoms with van der Waals surface area (Å²) in [6, 6.07) is 1.42. The van der Waals surface area contributed by atoms with Gasteiger partial charge < -0.3 is 10.5 Å². The lowest BCUT2D eigenvalue weighted by atomic mass is 10.3. The van der Waals surface area contributed by atoms with Crippen LogP contribution in [0.15, 0.2) is 17.0 Å². The Labute approximate surface area is 102 Å². The van der Waals surface area contributed by atoms with Crippen LogP contribution < -0.4 is 10.5 Å². The molecule has 0 aliphatic rings. The number of carbonyl (C=O) groups is 1. The molecule has 0 saturated heterocycles. The first kappa shape index (κ1) is 14.3. The van der Waals surface area contributed by atoms with Crippen molar-refractivity contribution in [3.63, 3.8) is 0 Å². The first-order valence-corrected chi connectivity index (χ1v) is 6.08. The maximum absolute atomic E-state index is 13.5. The van der Waals surface area contributed by atoms with Crippen LogP contribution in [0, 0.1) is 11.6 Å². The lowest BCUT2D eigenvalue weighted by Crippen LogP contribution is -2.31. The summed E-state index contributed by atoms with van der Waals surface area (Å²) < 4.78 is 55.5. The molecule has 3 N–H and O–H groups in total. The van der Waals surface area contributed by atoms with E-state index >= 15 is 0 Å². The Bertz CT molecular complexity index is 574. The number of benzene rings is 1. The number of nitrogens with one attached hydrogen (secondary N) is 1. The highest BCUT2D eigenvalue weighted by molar-refractivity contribution is 7.89. The molecule has 0 aromatic heterocycles. The quantitative estimate of drug-likeness (QED) is 0.597. The molecular weight excluding hydrogens is 270 g/mol. The van der Waals surface area contributed by atoms with E-state index in [9.17, 15) is 22.0 Å². The molecule has 1 aromatic rings. The van der Waals surface area contributed by atoms with Crippen LogP contribution in [0.2, 0.25) is 0 Å². The van der Waals surface area contributed by atoms with E-state index in [2.05, 4.69) is 4.74 Å². The Kier molecular flexibility index (Phi) is 4.19. The summed E-state index contributed by atoms with van der Waals surface area (Å²) >= 11 is 0. The number of anilines is 1. The summed E-state index contributed by atoms with van der Waals surface area (Å²) in [7, 11) is -3.25. The highest BCUT2D eigenvalue weighted by Crippen LogP contribution is 2.22. The molecule has 0 amide bonds. The summed E-state index contributed by atoms with van der Waals surface area (Å²) in [5.41, 5.74) is 4.12. The van der Waals surface area contributed by atoms with E-state index in [1.807, 2.05) is 0 Å². The molecule has 0 saturated carbocycles. The van der Waals surface area contributed by atoms with Gasteiger partial charge in [-0.2, -0.15) is 4.72 Å². The smallest absolute Gasteiger partial charge is 0.320 e. The van der Waals surface area contributed by atoms with Crippen LogP contribution in [0.4, 0.5) is 14.5 Å². The molecule has 9 heteroatoms. The van der Waals surface area contributed by atoms with E-state index in [0.717, 1.165) is 7.11 Å². The number of nitrogen functional groups attached to an aromatic ring is 1. The summed E-state index contributed by atoms with van der Waals surface area (Å²) in [6.07, 6.45) is 0. The summed E-state index contributed by atoms with van der Waals surface area (Å²) in [4.78, 5) is 9.93. The zero-order valence-corrected chi connectivity index (χ0v) is 10.1. The first-order valence-electron chi connectivity index (χ1n) is 4.59. The summed E-state index contributed by atoms with van der Waals surface area (Å²) in [5.74, 6) is -3.33. The monoisotopic (exact) mass is 280 g/mol. The van der Waals surface area contributed by atoms with Gasteiger partial charge in [-0.3, -0.25) is 4.79 Å². The van der Waals surface area contributed by atoms with Gasteiger partial charge in [0.1, 0.15) is 22.9 Å². The van der Waals surface area contributed by atoms with Crippen LogP contribution >= 0.6 is 0 Å². The van der Waals surface area contributed by atoms with E-state index in [1.54, 1.807) is 4.72 Å². The van der Waals surface area contributed by atoms with Gasteiger partial charge in [0.2, 0.25) is 10.0 Å². The van der Waals surface area contributed by atoms with E-state index in [-0.39, 0.29) is 0 Å². The standard InChI is InChI=1S/C9H10F2N2O4S/c1-17-7(14)4-13-18(15,16)6-3-2-5(10)9(12)8(6)11/h2-3,13H,4,12H2,1H3. The topological polar surface area (TPSA) is 98.5 Å². The number of halogens is 2. The van der Waals surface area contributed by atoms with Gasteiger partial charge in [-0.25, -0.2) is 17.2 Å². The van der Waals surface area contributed by atoms with Gasteiger partial charge in [0.05, 0.1) is 7.11 Å². The van der Waals surface area contributed by atoms with Crippen LogP contribution in [0.3, 0.4) is 0 Å². The van der Waals surface area contributed by atoms with Gasteiger partial charge in [0.25, 0.3) is 0 Å². The van der Waals surface area contributed by atoms with Crippen molar-refractivity contribution in [2.24, 2.45) is 0 Å². The van der Waals surface area contributed by atoms with Crippen molar-refractivity contribution in [1.29, 1.82) is 0 Å². The van der Waals surface area contributed by atoms with Gasteiger partial charge in [-0.15, -0.1) is 0 Å². The van der Waals surface area contributed by atoms with Gasteiger partial charge in [-0.05, 0) is 12.1 Å². The molecule has 0 heterocycles. The average molecular weight is 280 g/mol. The number of carbonyl (C=O) groups excluding carboxylic acids is 1. The fourth-order valence-corrected chi connectivity index (χ4v) is 2.12. The minimum atomic E-state index is -4.31. The zero-order valence-electron chi connectivity index (χ0n) is 9.24. The minimum absolute atomic E-state index is 0.671. The molecule has 0 spiro atoms. The zero-order chi connectivity index (χ0) is 13.9. The van der Waals surface area contributed by atoms with E-state index in [1.165, 1.54) is 0 Å². The van der Waals surface area contributed by atoms with Crippen molar-refractivity contribution in [1.82, 2.24) is 4.72 Å². The maximum atomic E-state index is 13.5. The molecule has 0 radical (unpaired) electrons. The molecule has 0 fully saturated rings. The van der Waals surface area contributed by atoms with Crippen LogP contribution in [-0.4, -0.2) is 28.0 Å². The van der Waals surface area contributed by atoms with Crippen molar-refractivity contribution in [3.8, 4) is 0 Å². The molecule has 0 aliphatic carbocycles. The van der Waals surface area contributed by atoms with Gasteiger partial charge in [-0.1, -0.05) is 0 Å². The second kappa shape index (κ2) is 5.27. The van der Waals surface area contributed by atoms with Gasteiger partial charge >= 0.3 is 5.97 Å². The Morgan fingerprint density at radius 3 is 2.61 bits per heavy atom. The highest BCUT2D eigenvalue weighted by atomic mass is 32.2. The second-order valence-electron chi connectivity index (χ2n) is 3.17. The molecular formula is C9H10F2N2O4S. The highest BCUT2D eigenvalue weighted by Gasteiger charge is 2.23. The van der Waals surface area contributed by atoms with Gasteiger partial charge in [0, 0.05) is 0 Å². The van der Waals surface area contributed by atoms with E-state index in [4.69, 9.17) is 5.73 Å². The number of rotatable bonds is 4. The average Bonchev–Trinajstić information content (AvgIpc) is 2.32. The normalized spacial score (nSPS) is 11.3. The van der Waals surface area contributed by atoms with Crippen molar-refractivity contribution in [2.75, 3.05) is 19.4 Å². The second-order valence-corrected chi connectivity index (χ2v) is 4.91. The number of sulfonamides is 1.